The number of hydrogen-bond donors (Lipinski definition) is 0. The predicted molar refractivity (Wildman–Crippen MR) is 283 cm³/mol. The number of benzene rings is 6. The molecule has 0 amide bonds. The maximum absolute atomic E-state index is 12.9. The normalized spacial score (nSPS) is 11.9. The molecule has 0 aliphatic heterocycles. The molecule has 0 aliphatic rings. The Morgan fingerprint density at radius 2 is 0.822 bits per heavy atom. The molecule has 2 unspecified atom stereocenters. The monoisotopic (exact) mass is 1010 g/mol. The maximum atomic E-state index is 12.9. The van der Waals surface area contributed by atoms with Crippen LogP contribution in [0.4, 0.5) is 0 Å². The largest absolute Gasteiger partial charge is 0.488 e. The van der Waals surface area contributed by atoms with Gasteiger partial charge in [-0.2, -0.15) is 0 Å². The van der Waals surface area contributed by atoms with Crippen molar-refractivity contribution in [3.05, 3.63) is 215 Å². The Labute approximate surface area is 431 Å². The van der Waals surface area contributed by atoms with Crippen LogP contribution in [0.5, 0.6) is 11.5 Å². The number of hydrogen-bond acceptors (Lipinski definition) is 14. The fraction of sp³-hybridized carbons (Fsp3) is 0.153. The minimum absolute atomic E-state index is 0.169. The van der Waals surface area contributed by atoms with E-state index in [-0.39, 0.29) is 36.4 Å². The lowest BCUT2D eigenvalue weighted by Crippen LogP contribution is -2.31. The molecule has 0 N–H and O–H groups in total. The minimum Gasteiger partial charge on any atom is -0.488 e. The lowest BCUT2D eigenvalue weighted by Gasteiger charge is -2.31. The van der Waals surface area contributed by atoms with Crippen molar-refractivity contribution < 1.29 is 47.6 Å². The Balaban J connectivity index is 1.24. The zero-order valence-electron chi connectivity index (χ0n) is 40.0. The lowest BCUT2D eigenvalue weighted by atomic mass is 9.74. The summed E-state index contributed by atoms with van der Waals surface area (Å²) in [5.41, 5.74) is 7.67. The molecular formula is C59H50N2O10S2. The third-order valence-electron chi connectivity index (χ3n) is 11.7. The second kappa shape index (κ2) is 24.1. The van der Waals surface area contributed by atoms with Gasteiger partial charge in [-0.1, -0.05) is 148 Å². The van der Waals surface area contributed by atoms with Crippen molar-refractivity contribution in [1.82, 2.24) is 9.97 Å². The molecule has 8 aromatic rings. The Morgan fingerprint density at radius 3 is 1.10 bits per heavy atom. The van der Waals surface area contributed by atoms with Crippen molar-refractivity contribution in [3.63, 3.8) is 0 Å². The fourth-order valence-corrected chi connectivity index (χ4v) is 8.96. The number of nitrogens with zero attached hydrogens (tertiary/aromatic N) is 2. The first-order valence-electron chi connectivity index (χ1n) is 23.2. The summed E-state index contributed by atoms with van der Waals surface area (Å²) >= 11 is 2.28. The zero-order chi connectivity index (χ0) is 51.2. The molecule has 8 rings (SSSR count). The van der Waals surface area contributed by atoms with Crippen LogP contribution in [0.15, 0.2) is 194 Å². The molecule has 0 spiro atoms. The summed E-state index contributed by atoms with van der Waals surface area (Å²) < 4.78 is 36.0. The van der Waals surface area contributed by atoms with E-state index in [0.717, 1.165) is 90.5 Å². The van der Waals surface area contributed by atoms with Crippen LogP contribution in [-0.4, -0.2) is 72.5 Å². The van der Waals surface area contributed by atoms with Crippen LogP contribution in [0.3, 0.4) is 0 Å². The van der Waals surface area contributed by atoms with Gasteiger partial charge in [-0.25, -0.2) is 29.1 Å². The Morgan fingerprint density at radius 1 is 0.507 bits per heavy atom. The van der Waals surface area contributed by atoms with Gasteiger partial charge in [-0.05, 0) is 57.6 Å². The number of carbonyl (C=O) groups is 4. The summed E-state index contributed by atoms with van der Waals surface area (Å²) in [5.74, 6) is -1.66. The first-order valence-corrected chi connectivity index (χ1v) is 24.9. The molecule has 0 bridgehead atoms. The van der Waals surface area contributed by atoms with Gasteiger partial charge in [0.1, 0.15) is 37.9 Å². The smallest absolute Gasteiger partial charge is 0.367 e. The molecule has 0 saturated heterocycles. The average molecular weight is 1010 g/mol. The molecule has 73 heavy (non-hydrogen) atoms. The van der Waals surface area contributed by atoms with E-state index in [1.165, 1.54) is 12.4 Å². The summed E-state index contributed by atoms with van der Waals surface area (Å²) in [4.78, 5) is 59.1. The van der Waals surface area contributed by atoms with Gasteiger partial charge < -0.3 is 28.4 Å². The van der Waals surface area contributed by atoms with Gasteiger partial charge in [0.2, 0.25) is 10.0 Å². The van der Waals surface area contributed by atoms with Gasteiger partial charge in [-0.15, -0.1) is 22.7 Å². The van der Waals surface area contributed by atoms with Crippen LogP contribution in [0.2, 0.25) is 0 Å². The fourth-order valence-electron chi connectivity index (χ4n) is 7.90. The highest BCUT2D eigenvalue weighted by Gasteiger charge is 2.31. The van der Waals surface area contributed by atoms with E-state index in [1.54, 1.807) is 10.8 Å². The quantitative estimate of drug-likeness (QED) is 0.0361. The molecule has 2 atom stereocenters. The molecule has 0 saturated carbocycles. The van der Waals surface area contributed by atoms with E-state index in [4.69, 9.17) is 28.4 Å². The highest BCUT2D eigenvalue weighted by atomic mass is 32.1. The second-order valence-electron chi connectivity index (χ2n) is 16.9. The first kappa shape index (κ1) is 50.9. The van der Waals surface area contributed by atoms with Crippen LogP contribution in [0, 0.1) is 0 Å². The predicted octanol–water partition coefficient (Wildman–Crippen LogP) is 12.3. The summed E-state index contributed by atoms with van der Waals surface area (Å²) in [6.07, 6.45) is 3.10. The number of ether oxygens (including phenoxy) is 6. The Kier molecular flexibility index (Phi) is 16.8. The van der Waals surface area contributed by atoms with Crippen molar-refractivity contribution in [2.45, 2.75) is 31.5 Å². The maximum Gasteiger partial charge on any atom is 0.367 e. The molecule has 368 valence electrons. The van der Waals surface area contributed by atoms with Crippen molar-refractivity contribution in [3.8, 4) is 56.0 Å². The van der Waals surface area contributed by atoms with E-state index < -0.39 is 41.5 Å². The highest BCUT2D eigenvalue weighted by molar-refractivity contribution is 7.11. The lowest BCUT2D eigenvalue weighted by molar-refractivity contribution is -0.147. The Bertz CT molecular complexity index is 2830. The van der Waals surface area contributed by atoms with E-state index in [2.05, 4.69) is 61.2 Å². The summed E-state index contributed by atoms with van der Waals surface area (Å²) in [7, 11) is 0. The topological polar surface area (TPSA) is 149 Å². The number of thiazole rings is 2. The van der Waals surface area contributed by atoms with E-state index in [0.29, 0.717) is 11.5 Å². The highest BCUT2D eigenvalue weighted by Crippen LogP contribution is 2.48. The third-order valence-corrected chi connectivity index (χ3v) is 13.2. The number of carbonyl (C=O) groups excluding carboxylic acids is 4. The second-order valence-corrected chi connectivity index (χ2v) is 18.7. The van der Waals surface area contributed by atoms with Crippen molar-refractivity contribution in [2.24, 2.45) is 0 Å². The van der Waals surface area contributed by atoms with Gasteiger partial charge in [0.25, 0.3) is 0 Å². The summed E-state index contributed by atoms with van der Waals surface area (Å²) in [6.45, 7) is 10.5. The molecule has 0 fully saturated rings. The minimum atomic E-state index is -1.01. The van der Waals surface area contributed by atoms with Crippen LogP contribution in [0.1, 0.15) is 44.6 Å². The molecule has 2 aromatic heterocycles. The third kappa shape index (κ3) is 12.7. The van der Waals surface area contributed by atoms with E-state index in [9.17, 15) is 19.2 Å². The number of esters is 4. The van der Waals surface area contributed by atoms with Gasteiger partial charge in [0, 0.05) is 63.0 Å². The van der Waals surface area contributed by atoms with E-state index >= 15 is 0 Å². The van der Waals surface area contributed by atoms with E-state index in [1.807, 2.05) is 121 Å². The molecular weight excluding hydrogens is 961 g/mol. The number of rotatable bonds is 22. The van der Waals surface area contributed by atoms with Crippen molar-refractivity contribution in [1.29, 1.82) is 0 Å². The SMILES string of the molecule is C=CC(=O)OC(COC(=O)c1nccs1)COc1c(-c2ccccc2)cc(C(C)(C)c2cc(-c3ccccc3)c(OCC(COC(=O)c3nccs3)OC(=O)C=C)c(-c3ccccc3)c2)cc1-c1ccccc1. The standard InChI is InChI=1S/C59H50N2O10S2/c1-5-51(62)70-45(37-68-57(64)55-60-27-29-72-55)35-66-53-47(39-19-11-7-12-20-39)31-43(32-48(53)40-21-13-8-14-22-40)59(3,4)44-33-49(41-23-15-9-16-24-41)54(50(34-44)42-25-17-10-18-26-42)67-36-46(71-52(63)6-2)38-69-58(65)56-61-28-30-73-56/h5-34,45-46H,1-2,35-38H2,3-4H3. The van der Waals surface area contributed by atoms with Crippen LogP contribution >= 0.6 is 22.7 Å². The number of aromatic nitrogens is 2. The summed E-state index contributed by atoms with van der Waals surface area (Å²) in [6, 6.07) is 47.9. The van der Waals surface area contributed by atoms with Gasteiger partial charge in [0.05, 0.1) is 0 Å². The average Bonchev–Trinajstić information content (AvgIpc) is 4.20. The zero-order valence-corrected chi connectivity index (χ0v) is 41.6. The van der Waals surface area contributed by atoms with Crippen molar-refractivity contribution >= 4 is 46.6 Å². The van der Waals surface area contributed by atoms with Crippen LogP contribution in [0.25, 0.3) is 44.5 Å². The summed E-state index contributed by atoms with van der Waals surface area (Å²) in [5, 5.41) is 3.68. The van der Waals surface area contributed by atoms with Crippen LogP contribution in [-0.2, 0) is 34.0 Å². The molecule has 12 nitrogen and oxygen atoms in total. The van der Waals surface area contributed by atoms with Gasteiger partial charge >= 0.3 is 23.9 Å². The molecule has 0 aliphatic carbocycles. The van der Waals surface area contributed by atoms with Gasteiger partial charge in [0.15, 0.2) is 12.2 Å². The first-order chi connectivity index (χ1) is 35.5. The molecule has 6 aromatic carbocycles. The van der Waals surface area contributed by atoms with Crippen molar-refractivity contribution in [2.75, 3.05) is 26.4 Å². The Hall–Kier alpha value is -8.46. The van der Waals surface area contributed by atoms with Gasteiger partial charge in [-0.3, -0.25) is 0 Å². The molecule has 0 radical (unpaired) electrons. The molecule has 2 heterocycles. The molecule has 14 heteroatoms. The van der Waals surface area contributed by atoms with Crippen LogP contribution < -0.4 is 9.47 Å².